The Labute approximate surface area is 265 Å². The molecule has 0 saturated heterocycles. The van der Waals surface area contributed by atoms with Crippen LogP contribution in [-0.2, 0) is 27.5 Å². The minimum atomic E-state index is -0.0503. The Hall–Kier alpha value is -4.46. The number of para-hydroxylation sites is 1. The van der Waals surface area contributed by atoms with Gasteiger partial charge in [-0.05, 0) is 53.6 Å². The third-order valence-electron chi connectivity index (χ3n) is 8.43. The SMILES string of the molecule is [C-]#[N+]c1ccc(N2C(c3[c-]c(Oc4ccc5cccc(O)c5n4)ccc3)=N[C@@H]3[C@H]2c2ccccc2CCC3(C)C)cc1.[Pt]. The summed E-state index contributed by atoms with van der Waals surface area (Å²) in [5.74, 6) is 1.81. The fraction of sp³-hybridized carbons (Fsp3) is 0.194. The second-order valence-corrected chi connectivity index (χ2v) is 11.6. The van der Waals surface area contributed by atoms with Gasteiger partial charge in [0.2, 0.25) is 5.88 Å². The van der Waals surface area contributed by atoms with Crippen molar-refractivity contribution in [2.75, 3.05) is 4.90 Å². The minimum absolute atomic E-state index is 0. The van der Waals surface area contributed by atoms with Gasteiger partial charge in [-0.15, -0.1) is 23.8 Å². The van der Waals surface area contributed by atoms with Crippen molar-refractivity contribution < 1.29 is 30.9 Å². The van der Waals surface area contributed by atoms with Crippen LogP contribution in [-0.4, -0.2) is 22.0 Å². The molecule has 0 unspecified atom stereocenters. The molecular formula is C36H29N4O2Pt-. The molecule has 5 aromatic rings. The van der Waals surface area contributed by atoms with Crippen LogP contribution >= 0.6 is 0 Å². The molecular weight excluding hydrogens is 716 g/mol. The maximum Gasteiger partial charge on any atom is 0.217 e. The van der Waals surface area contributed by atoms with Gasteiger partial charge in [0, 0.05) is 44.0 Å². The van der Waals surface area contributed by atoms with Crippen LogP contribution in [0, 0.1) is 18.1 Å². The first-order chi connectivity index (χ1) is 20.4. The standard InChI is InChI=1S/C36H29N4O2.Pt/c1-36(2)21-20-23-8-4-5-12-29(23)33-34(36)39-35(40(33)27-17-15-26(37-3)16-18-27)25-10-6-11-28(22-25)42-31-19-14-24-9-7-13-30(41)32(24)38-31;/h4-19,33-34,41H,20-21H2,1-2H3;/q-1;/t33-,34-;/m1./s1. The average molecular weight is 745 g/mol. The van der Waals surface area contributed by atoms with Crippen molar-refractivity contribution in [2.45, 2.75) is 38.8 Å². The Morgan fingerprint density at radius 1 is 0.953 bits per heavy atom. The molecule has 6 nitrogen and oxygen atoms in total. The van der Waals surface area contributed by atoms with Gasteiger partial charge < -0.3 is 19.7 Å². The second kappa shape index (κ2) is 11.3. The van der Waals surface area contributed by atoms with Crippen LogP contribution in [0.5, 0.6) is 17.4 Å². The number of rotatable bonds is 4. The number of ether oxygens (including phenoxy) is 1. The number of benzene rings is 4. The van der Waals surface area contributed by atoms with E-state index in [1.165, 1.54) is 11.1 Å². The van der Waals surface area contributed by atoms with Crippen molar-refractivity contribution in [1.82, 2.24) is 4.98 Å². The van der Waals surface area contributed by atoms with Crippen LogP contribution in [0.4, 0.5) is 11.4 Å². The van der Waals surface area contributed by atoms with E-state index in [0.717, 1.165) is 35.3 Å². The first kappa shape index (κ1) is 28.6. The molecule has 0 radical (unpaired) electrons. The zero-order valence-corrected chi connectivity index (χ0v) is 26.0. The predicted octanol–water partition coefficient (Wildman–Crippen LogP) is 8.43. The summed E-state index contributed by atoms with van der Waals surface area (Å²) in [6, 6.07) is 34.7. The molecule has 1 aromatic heterocycles. The van der Waals surface area contributed by atoms with Gasteiger partial charge in [-0.2, -0.15) is 0 Å². The van der Waals surface area contributed by atoms with Gasteiger partial charge in [-0.1, -0.05) is 68.4 Å². The molecule has 0 bridgehead atoms. The summed E-state index contributed by atoms with van der Waals surface area (Å²) in [5, 5.41) is 11.1. The number of hydrogen-bond donors (Lipinski definition) is 1. The van der Waals surface area contributed by atoms with E-state index in [0.29, 0.717) is 22.8 Å². The van der Waals surface area contributed by atoms with Crippen molar-refractivity contribution in [3.05, 3.63) is 131 Å². The zero-order chi connectivity index (χ0) is 28.8. The molecule has 0 amide bonds. The van der Waals surface area contributed by atoms with Crippen molar-refractivity contribution in [1.29, 1.82) is 0 Å². The van der Waals surface area contributed by atoms with Crippen LogP contribution in [0.1, 0.15) is 43.0 Å². The van der Waals surface area contributed by atoms with Crippen LogP contribution < -0.4 is 9.64 Å². The summed E-state index contributed by atoms with van der Waals surface area (Å²) in [7, 11) is 0. The van der Waals surface area contributed by atoms with E-state index >= 15 is 0 Å². The maximum absolute atomic E-state index is 10.3. The summed E-state index contributed by atoms with van der Waals surface area (Å²) in [4.78, 5) is 15.9. The third-order valence-corrected chi connectivity index (χ3v) is 8.43. The van der Waals surface area contributed by atoms with Gasteiger partial charge >= 0.3 is 0 Å². The molecule has 43 heavy (non-hydrogen) atoms. The van der Waals surface area contributed by atoms with E-state index in [9.17, 15) is 5.11 Å². The van der Waals surface area contributed by atoms with E-state index in [-0.39, 0.29) is 44.3 Å². The Balaban J connectivity index is 0.00000329. The number of aromatic hydroxyl groups is 1. The second-order valence-electron chi connectivity index (χ2n) is 11.6. The first-order valence-electron chi connectivity index (χ1n) is 14.1. The number of aliphatic imine (C=N–C) groups is 1. The fourth-order valence-corrected chi connectivity index (χ4v) is 6.19. The average Bonchev–Trinajstić information content (AvgIpc) is 3.38. The van der Waals surface area contributed by atoms with E-state index in [2.05, 4.69) is 58.9 Å². The summed E-state index contributed by atoms with van der Waals surface area (Å²) >= 11 is 0. The number of fused-ring (bicyclic) bond motifs is 4. The smallest absolute Gasteiger partial charge is 0.217 e. The van der Waals surface area contributed by atoms with Crippen molar-refractivity contribution in [3.63, 3.8) is 0 Å². The maximum atomic E-state index is 10.3. The minimum Gasteiger partial charge on any atom is -0.506 e. The number of aromatic nitrogens is 1. The summed E-state index contributed by atoms with van der Waals surface area (Å²) in [5.41, 5.74) is 5.47. The Bertz CT molecular complexity index is 1890. The van der Waals surface area contributed by atoms with Crippen molar-refractivity contribution in [2.24, 2.45) is 10.4 Å². The zero-order valence-electron chi connectivity index (χ0n) is 23.8. The van der Waals surface area contributed by atoms with E-state index in [1.807, 2.05) is 54.6 Å². The molecule has 1 N–H and O–H groups in total. The van der Waals surface area contributed by atoms with Gasteiger partial charge in [0.1, 0.15) is 11.3 Å². The Morgan fingerprint density at radius 3 is 2.56 bits per heavy atom. The van der Waals surface area contributed by atoms with E-state index < -0.39 is 0 Å². The molecule has 7 heteroatoms. The number of hydrogen-bond acceptors (Lipinski definition) is 5. The molecule has 0 saturated carbocycles. The molecule has 1 aliphatic heterocycles. The quantitative estimate of drug-likeness (QED) is 0.188. The van der Waals surface area contributed by atoms with Crippen LogP contribution in [0.2, 0.25) is 0 Å². The Kier molecular flexibility index (Phi) is 7.54. The number of amidine groups is 1. The number of nitrogens with zero attached hydrogens (tertiary/aromatic N) is 4. The normalized spacial score (nSPS) is 18.4. The van der Waals surface area contributed by atoms with E-state index in [4.69, 9.17) is 16.3 Å². The van der Waals surface area contributed by atoms with Gasteiger partial charge in [0.15, 0.2) is 5.69 Å². The van der Waals surface area contributed by atoms with Gasteiger partial charge in [0.05, 0.1) is 24.5 Å². The van der Waals surface area contributed by atoms with Gasteiger partial charge in [0.25, 0.3) is 0 Å². The summed E-state index contributed by atoms with van der Waals surface area (Å²) < 4.78 is 6.16. The van der Waals surface area contributed by atoms with Gasteiger partial charge in [-0.25, -0.2) is 9.83 Å². The topological polar surface area (TPSA) is 62.3 Å². The molecule has 7 rings (SSSR count). The summed E-state index contributed by atoms with van der Waals surface area (Å²) in [6.07, 6.45) is 2.04. The molecule has 2 atom stereocenters. The number of aryl methyl sites for hydroxylation is 1. The molecule has 2 heterocycles. The molecule has 0 fully saturated rings. The number of pyridine rings is 1. The van der Waals surface area contributed by atoms with E-state index in [1.54, 1.807) is 18.2 Å². The Morgan fingerprint density at radius 2 is 1.74 bits per heavy atom. The predicted molar refractivity (Wildman–Crippen MR) is 166 cm³/mol. The first-order valence-corrected chi connectivity index (χ1v) is 14.1. The molecule has 4 aromatic carbocycles. The van der Waals surface area contributed by atoms with Crippen LogP contribution in [0.3, 0.4) is 0 Å². The van der Waals surface area contributed by atoms with Crippen molar-refractivity contribution in [3.8, 4) is 17.4 Å². The molecule has 1 aliphatic carbocycles. The summed E-state index contributed by atoms with van der Waals surface area (Å²) in [6.45, 7) is 12.1. The molecule has 0 spiro atoms. The number of phenolic OH excluding ortho intramolecular Hbond substituents is 1. The third kappa shape index (κ3) is 5.19. The van der Waals surface area contributed by atoms with Gasteiger partial charge in [-0.3, -0.25) is 0 Å². The van der Waals surface area contributed by atoms with Crippen LogP contribution in [0.25, 0.3) is 15.7 Å². The molecule has 2 aliphatic rings. The fourth-order valence-electron chi connectivity index (χ4n) is 6.19. The largest absolute Gasteiger partial charge is 0.506 e. The van der Waals surface area contributed by atoms with Crippen LogP contribution in [0.15, 0.2) is 102 Å². The number of anilines is 1. The monoisotopic (exact) mass is 744 g/mol. The van der Waals surface area contributed by atoms with Crippen molar-refractivity contribution >= 4 is 28.1 Å². The molecule has 216 valence electrons. The number of phenols is 1.